The van der Waals surface area contributed by atoms with Crippen LogP contribution in [-0.4, -0.2) is 25.1 Å². The van der Waals surface area contributed by atoms with Crippen LogP contribution in [0.5, 0.6) is 0 Å². The van der Waals surface area contributed by atoms with Gasteiger partial charge >= 0.3 is 0 Å². The molecule has 0 aliphatic carbocycles. The molecule has 0 radical (unpaired) electrons. The van der Waals surface area contributed by atoms with Gasteiger partial charge in [0, 0.05) is 0 Å². The Morgan fingerprint density at radius 3 is 2.69 bits per heavy atom. The maximum atomic E-state index is 11.7. The summed E-state index contributed by atoms with van der Waals surface area (Å²) in [4.78, 5) is 22.7. The Labute approximate surface area is 105 Å². The first-order valence-electron chi connectivity index (χ1n) is 4.75. The first kappa shape index (κ1) is 11.2. The fraction of sp³-hybridized carbons (Fsp3) is 0.333. The summed E-state index contributed by atoms with van der Waals surface area (Å²) in [5.41, 5.74) is 0.626. The van der Waals surface area contributed by atoms with E-state index in [0.717, 1.165) is 5.69 Å². The van der Waals surface area contributed by atoms with Gasteiger partial charge in [0.2, 0.25) is 0 Å². The summed E-state index contributed by atoms with van der Waals surface area (Å²) in [5, 5.41) is 6.40. The second-order valence-corrected chi connectivity index (χ2v) is 4.68. The Balaban J connectivity index is 2.62. The van der Waals surface area contributed by atoms with Crippen molar-refractivity contribution in [3.05, 3.63) is 25.9 Å². The quantitative estimate of drug-likeness (QED) is 0.812. The highest BCUT2D eigenvalue weighted by Gasteiger charge is 2.14. The van der Waals surface area contributed by atoms with Crippen LogP contribution in [0.15, 0.2) is 11.1 Å². The van der Waals surface area contributed by atoms with Crippen molar-refractivity contribution in [3.8, 4) is 11.6 Å². The molecule has 0 fully saturated rings. The largest absolute Gasteiger partial charge is 0.303 e. The minimum absolute atomic E-state index is 0.147. The van der Waals surface area contributed by atoms with E-state index in [9.17, 15) is 4.79 Å². The predicted molar refractivity (Wildman–Crippen MR) is 67.0 cm³/mol. The van der Waals surface area contributed by atoms with E-state index in [1.54, 1.807) is 0 Å². The molecule has 0 aliphatic rings. The molecule has 0 bridgehead atoms. The van der Waals surface area contributed by atoms with Crippen molar-refractivity contribution in [2.45, 2.75) is 19.8 Å². The van der Waals surface area contributed by atoms with Crippen LogP contribution in [0.4, 0.5) is 0 Å². The third-order valence-electron chi connectivity index (χ3n) is 2.07. The molecule has 7 heteroatoms. The lowest BCUT2D eigenvalue weighted by Gasteiger charge is -2.07. The fourth-order valence-electron chi connectivity index (χ4n) is 1.29. The van der Waals surface area contributed by atoms with E-state index in [2.05, 4.69) is 25.1 Å². The zero-order valence-corrected chi connectivity index (χ0v) is 10.9. The van der Waals surface area contributed by atoms with Crippen molar-refractivity contribution in [2.75, 3.05) is 0 Å². The summed E-state index contributed by atoms with van der Waals surface area (Å²) in [7, 11) is 0. The highest BCUT2D eigenvalue weighted by molar-refractivity contribution is 14.1. The van der Waals surface area contributed by atoms with E-state index >= 15 is 0 Å². The van der Waals surface area contributed by atoms with Gasteiger partial charge in [-0.05, 0) is 28.5 Å². The highest BCUT2D eigenvalue weighted by Crippen LogP contribution is 2.17. The van der Waals surface area contributed by atoms with E-state index in [4.69, 9.17) is 0 Å². The van der Waals surface area contributed by atoms with Gasteiger partial charge in [0.1, 0.15) is 6.33 Å². The molecule has 2 aromatic heterocycles. The molecule has 0 spiro atoms. The number of hydrogen-bond acceptors (Lipinski definition) is 4. The van der Waals surface area contributed by atoms with Crippen LogP contribution in [-0.2, 0) is 0 Å². The molecule has 84 valence electrons. The molecule has 6 nitrogen and oxygen atoms in total. The monoisotopic (exact) mass is 331 g/mol. The number of aromatic nitrogens is 5. The number of H-pyrrole nitrogens is 2. The molecule has 2 aromatic rings. The van der Waals surface area contributed by atoms with Crippen molar-refractivity contribution in [3.63, 3.8) is 0 Å². The molecule has 2 heterocycles. The molecular formula is C9H10IN5O. The zero-order chi connectivity index (χ0) is 11.7. The minimum Gasteiger partial charge on any atom is -0.303 e. The van der Waals surface area contributed by atoms with Crippen LogP contribution >= 0.6 is 22.6 Å². The van der Waals surface area contributed by atoms with Crippen molar-refractivity contribution in [1.82, 2.24) is 25.1 Å². The van der Waals surface area contributed by atoms with E-state index < -0.39 is 0 Å². The second-order valence-electron chi connectivity index (χ2n) is 3.60. The average Bonchev–Trinajstić information content (AvgIpc) is 2.74. The lowest BCUT2D eigenvalue weighted by Crippen LogP contribution is -2.17. The maximum absolute atomic E-state index is 11.7. The predicted octanol–water partition coefficient (Wildman–Crippen LogP) is 1.28. The second kappa shape index (κ2) is 4.32. The molecule has 0 aliphatic heterocycles. The summed E-state index contributed by atoms with van der Waals surface area (Å²) in [6.45, 7) is 3.99. The van der Waals surface area contributed by atoms with Crippen LogP contribution in [0, 0.1) is 3.57 Å². The highest BCUT2D eigenvalue weighted by atomic mass is 127. The Morgan fingerprint density at radius 1 is 1.38 bits per heavy atom. The Kier molecular flexibility index (Phi) is 3.03. The fourth-order valence-corrected chi connectivity index (χ4v) is 2.17. The van der Waals surface area contributed by atoms with Crippen LogP contribution < -0.4 is 5.56 Å². The molecule has 0 atom stereocenters. The number of halogens is 1. The Morgan fingerprint density at radius 2 is 2.12 bits per heavy atom. The van der Waals surface area contributed by atoms with Crippen LogP contribution in [0.3, 0.4) is 0 Å². The molecule has 0 amide bonds. The van der Waals surface area contributed by atoms with Gasteiger partial charge < -0.3 is 4.98 Å². The van der Waals surface area contributed by atoms with Crippen molar-refractivity contribution < 1.29 is 0 Å². The molecular weight excluding hydrogens is 321 g/mol. The number of rotatable bonds is 2. The van der Waals surface area contributed by atoms with E-state index in [-0.39, 0.29) is 11.5 Å². The molecule has 2 rings (SSSR count). The normalized spacial score (nSPS) is 11.0. The summed E-state index contributed by atoms with van der Waals surface area (Å²) in [5.74, 6) is 1.08. The summed E-state index contributed by atoms with van der Waals surface area (Å²) in [6.07, 6.45) is 1.38. The molecule has 0 saturated carbocycles. The van der Waals surface area contributed by atoms with Crippen LogP contribution in [0.2, 0.25) is 0 Å². The van der Waals surface area contributed by atoms with Gasteiger partial charge in [0.05, 0.1) is 9.26 Å². The van der Waals surface area contributed by atoms with Gasteiger partial charge in [-0.15, -0.1) is 0 Å². The summed E-state index contributed by atoms with van der Waals surface area (Å²) >= 11 is 2.00. The topological polar surface area (TPSA) is 87.3 Å². The first-order chi connectivity index (χ1) is 7.59. The minimum atomic E-state index is -0.147. The lowest BCUT2D eigenvalue weighted by molar-refractivity contribution is 0.800. The van der Waals surface area contributed by atoms with Gasteiger partial charge in [-0.2, -0.15) is 5.10 Å². The van der Waals surface area contributed by atoms with E-state index in [0.29, 0.717) is 15.2 Å². The molecule has 0 aromatic carbocycles. The smallest absolute Gasteiger partial charge is 0.264 e. The van der Waals surface area contributed by atoms with Gasteiger partial charge in [0.15, 0.2) is 11.6 Å². The summed E-state index contributed by atoms with van der Waals surface area (Å²) in [6, 6.07) is 0. The Bertz CT molecular complexity index is 546. The van der Waals surface area contributed by atoms with E-state index in [1.165, 1.54) is 6.33 Å². The zero-order valence-electron chi connectivity index (χ0n) is 8.78. The number of nitrogens with zero attached hydrogens (tertiary/aromatic N) is 3. The van der Waals surface area contributed by atoms with Crippen molar-refractivity contribution >= 4 is 22.6 Å². The van der Waals surface area contributed by atoms with Gasteiger partial charge in [-0.25, -0.2) is 9.97 Å². The molecule has 0 saturated heterocycles. The molecule has 16 heavy (non-hydrogen) atoms. The van der Waals surface area contributed by atoms with Gasteiger partial charge in [-0.1, -0.05) is 13.8 Å². The Hall–Kier alpha value is -1.25. The number of nitrogens with one attached hydrogen (secondary N) is 2. The third kappa shape index (κ3) is 1.99. The maximum Gasteiger partial charge on any atom is 0.264 e. The van der Waals surface area contributed by atoms with Crippen molar-refractivity contribution in [2.24, 2.45) is 0 Å². The van der Waals surface area contributed by atoms with Crippen LogP contribution in [0.1, 0.15) is 25.5 Å². The van der Waals surface area contributed by atoms with Crippen molar-refractivity contribution in [1.29, 1.82) is 0 Å². The summed E-state index contributed by atoms with van der Waals surface area (Å²) < 4.78 is 0.621. The third-order valence-corrected chi connectivity index (χ3v) is 3.12. The SMILES string of the molecule is CC(C)c1nc(-c2ncn[nH]2)[nH]c(=O)c1I. The molecule has 0 unspecified atom stereocenters. The number of aromatic amines is 2. The standard InChI is InChI=1S/C9H10IN5O/c1-4(2)6-5(10)9(16)14-8(13-6)7-11-3-12-15-7/h3-4H,1-2H3,(H,11,12,15)(H,13,14,16). The van der Waals surface area contributed by atoms with Gasteiger partial charge in [-0.3, -0.25) is 9.89 Å². The van der Waals surface area contributed by atoms with E-state index in [1.807, 2.05) is 36.4 Å². The average molecular weight is 331 g/mol. The lowest BCUT2D eigenvalue weighted by atomic mass is 10.1. The number of hydrogen-bond donors (Lipinski definition) is 2. The molecule has 2 N–H and O–H groups in total. The van der Waals surface area contributed by atoms with Crippen LogP contribution in [0.25, 0.3) is 11.6 Å². The van der Waals surface area contributed by atoms with Gasteiger partial charge in [0.25, 0.3) is 5.56 Å². The first-order valence-corrected chi connectivity index (χ1v) is 5.83.